The molecule has 1 saturated heterocycles. The first-order valence-corrected chi connectivity index (χ1v) is 10.8. The molecule has 31 heavy (non-hydrogen) atoms. The van der Waals surface area contributed by atoms with Gasteiger partial charge in [-0.15, -0.1) is 0 Å². The van der Waals surface area contributed by atoms with Crippen molar-refractivity contribution in [1.29, 1.82) is 0 Å². The minimum Gasteiger partial charge on any atom is -0.490 e. The number of methoxy groups -OCH3 is 1. The minimum absolute atomic E-state index is 0.00407. The number of hydrazine groups is 1. The first kappa shape index (κ1) is 23.1. The van der Waals surface area contributed by atoms with Crippen LogP contribution in [-0.2, 0) is 9.53 Å². The van der Waals surface area contributed by atoms with Crippen LogP contribution in [0.1, 0.15) is 42.2 Å². The largest absolute Gasteiger partial charge is 0.490 e. The predicted molar refractivity (Wildman–Crippen MR) is 120 cm³/mol. The minimum atomic E-state index is -0.532. The lowest BCUT2D eigenvalue weighted by Gasteiger charge is -2.18. The Hall–Kier alpha value is -2.62. The van der Waals surface area contributed by atoms with Gasteiger partial charge in [0.1, 0.15) is 6.04 Å². The van der Waals surface area contributed by atoms with E-state index < -0.39 is 12.0 Å². The van der Waals surface area contributed by atoms with E-state index in [2.05, 4.69) is 32.1 Å². The van der Waals surface area contributed by atoms with Gasteiger partial charge >= 0.3 is 5.97 Å². The van der Waals surface area contributed by atoms with Gasteiger partial charge in [0.25, 0.3) is 0 Å². The summed E-state index contributed by atoms with van der Waals surface area (Å²) in [6.45, 7) is 4.41. The highest BCUT2D eigenvalue weighted by atomic mass is 79.9. The molecule has 1 aliphatic heterocycles. The zero-order valence-corrected chi connectivity index (χ0v) is 19.2. The zero-order chi connectivity index (χ0) is 22.4. The van der Waals surface area contributed by atoms with Crippen molar-refractivity contribution in [3.8, 4) is 11.5 Å². The van der Waals surface area contributed by atoms with Crippen molar-refractivity contribution in [2.24, 2.45) is 0 Å². The van der Waals surface area contributed by atoms with Crippen LogP contribution in [0.4, 0.5) is 5.69 Å². The highest BCUT2D eigenvalue weighted by molar-refractivity contribution is 9.10. The zero-order valence-electron chi connectivity index (χ0n) is 17.7. The molecule has 0 spiro atoms. The van der Waals surface area contributed by atoms with Gasteiger partial charge < -0.3 is 19.5 Å². The van der Waals surface area contributed by atoms with Crippen molar-refractivity contribution in [2.45, 2.75) is 32.4 Å². The molecular formula is C22H26BrN3O5. The summed E-state index contributed by atoms with van der Waals surface area (Å²) in [5.41, 5.74) is 7.89. The number of ether oxygens (including phenoxy) is 3. The SMILES string of the molecule is CCOc1cc(C(=O)OC)cc(NC(=O)C2CC(c3ccc(Br)cc3)NN2)c1OCC. The van der Waals surface area contributed by atoms with Crippen LogP contribution in [0.5, 0.6) is 11.5 Å². The second kappa shape index (κ2) is 10.6. The molecule has 166 valence electrons. The molecule has 1 heterocycles. The molecule has 0 aliphatic carbocycles. The van der Waals surface area contributed by atoms with E-state index in [1.807, 2.05) is 38.1 Å². The highest BCUT2D eigenvalue weighted by Gasteiger charge is 2.31. The third-order valence-corrected chi connectivity index (χ3v) is 5.34. The summed E-state index contributed by atoms with van der Waals surface area (Å²) in [5.74, 6) is -0.0402. The summed E-state index contributed by atoms with van der Waals surface area (Å²) in [4.78, 5) is 25.1. The van der Waals surface area contributed by atoms with Gasteiger partial charge in [0.2, 0.25) is 5.91 Å². The number of hydrogen-bond acceptors (Lipinski definition) is 7. The molecule has 2 unspecified atom stereocenters. The van der Waals surface area contributed by atoms with E-state index in [1.54, 1.807) is 6.07 Å². The van der Waals surface area contributed by atoms with E-state index in [0.717, 1.165) is 10.0 Å². The molecule has 1 amide bonds. The van der Waals surface area contributed by atoms with E-state index in [9.17, 15) is 9.59 Å². The number of anilines is 1. The fourth-order valence-corrected chi connectivity index (χ4v) is 3.61. The molecular weight excluding hydrogens is 466 g/mol. The van der Waals surface area contributed by atoms with Crippen molar-refractivity contribution < 1.29 is 23.8 Å². The molecule has 2 atom stereocenters. The maximum atomic E-state index is 13.0. The third kappa shape index (κ3) is 5.55. The summed E-state index contributed by atoms with van der Waals surface area (Å²) >= 11 is 3.43. The van der Waals surface area contributed by atoms with Gasteiger partial charge in [-0.05, 0) is 50.1 Å². The topological polar surface area (TPSA) is 97.9 Å². The van der Waals surface area contributed by atoms with Crippen LogP contribution in [-0.4, -0.2) is 38.2 Å². The number of rotatable bonds is 8. The highest BCUT2D eigenvalue weighted by Crippen LogP contribution is 2.38. The number of carbonyl (C=O) groups excluding carboxylic acids is 2. The molecule has 2 aromatic carbocycles. The van der Waals surface area contributed by atoms with Crippen LogP contribution >= 0.6 is 15.9 Å². The van der Waals surface area contributed by atoms with Gasteiger partial charge in [0.05, 0.1) is 31.6 Å². The van der Waals surface area contributed by atoms with E-state index in [-0.39, 0.29) is 17.5 Å². The van der Waals surface area contributed by atoms with Crippen LogP contribution in [0.25, 0.3) is 0 Å². The molecule has 3 rings (SSSR count). The Balaban J connectivity index is 1.81. The lowest BCUT2D eigenvalue weighted by molar-refractivity contribution is -0.117. The van der Waals surface area contributed by atoms with Gasteiger partial charge in [-0.3, -0.25) is 4.79 Å². The van der Waals surface area contributed by atoms with Crippen molar-refractivity contribution >= 4 is 33.5 Å². The summed E-state index contributed by atoms with van der Waals surface area (Å²) < 4.78 is 17.2. The average Bonchev–Trinajstić information content (AvgIpc) is 3.26. The Bertz CT molecular complexity index is 935. The molecule has 2 aromatic rings. The second-order valence-electron chi connectivity index (χ2n) is 6.88. The number of hydrogen-bond donors (Lipinski definition) is 3. The van der Waals surface area contributed by atoms with Crippen LogP contribution < -0.4 is 25.6 Å². The smallest absolute Gasteiger partial charge is 0.338 e. The molecule has 0 aromatic heterocycles. The van der Waals surface area contributed by atoms with Crippen molar-refractivity contribution in [1.82, 2.24) is 10.9 Å². The van der Waals surface area contributed by atoms with E-state index in [4.69, 9.17) is 14.2 Å². The third-order valence-electron chi connectivity index (χ3n) is 4.81. The molecule has 8 nitrogen and oxygen atoms in total. The molecule has 0 saturated carbocycles. The lowest BCUT2D eigenvalue weighted by Crippen LogP contribution is -2.39. The Morgan fingerprint density at radius 2 is 1.81 bits per heavy atom. The van der Waals surface area contributed by atoms with Crippen LogP contribution in [0, 0.1) is 0 Å². The van der Waals surface area contributed by atoms with Crippen molar-refractivity contribution in [3.05, 3.63) is 52.0 Å². The first-order valence-electron chi connectivity index (χ1n) is 10.1. The number of carbonyl (C=O) groups is 2. The number of amides is 1. The Morgan fingerprint density at radius 1 is 1.10 bits per heavy atom. The predicted octanol–water partition coefficient (Wildman–Crippen LogP) is 3.58. The van der Waals surface area contributed by atoms with Crippen LogP contribution in [0.3, 0.4) is 0 Å². The summed E-state index contributed by atoms with van der Waals surface area (Å²) in [7, 11) is 1.30. The molecule has 9 heteroatoms. The van der Waals surface area contributed by atoms with E-state index >= 15 is 0 Å². The van der Waals surface area contributed by atoms with Crippen LogP contribution in [0.15, 0.2) is 40.9 Å². The summed E-state index contributed by atoms with van der Waals surface area (Å²) in [6, 6.07) is 10.5. The first-order chi connectivity index (χ1) is 15.0. The molecule has 0 radical (unpaired) electrons. The van der Waals surface area contributed by atoms with Gasteiger partial charge in [-0.1, -0.05) is 28.1 Å². The number of esters is 1. The summed E-state index contributed by atoms with van der Waals surface area (Å²) in [5, 5.41) is 2.87. The molecule has 1 fully saturated rings. The second-order valence-corrected chi connectivity index (χ2v) is 7.79. The van der Waals surface area contributed by atoms with E-state index in [1.165, 1.54) is 13.2 Å². The van der Waals surface area contributed by atoms with Crippen LogP contribution in [0.2, 0.25) is 0 Å². The molecule has 1 aliphatic rings. The Labute approximate surface area is 189 Å². The Morgan fingerprint density at radius 3 is 2.45 bits per heavy atom. The quantitative estimate of drug-likeness (QED) is 0.485. The maximum Gasteiger partial charge on any atom is 0.338 e. The monoisotopic (exact) mass is 491 g/mol. The van der Waals surface area contributed by atoms with Crippen molar-refractivity contribution in [3.63, 3.8) is 0 Å². The van der Waals surface area contributed by atoms with Gasteiger partial charge in [-0.25, -0.2) is 15.6 Å². The van der Waals surface area contributed by atoms with Gasteiger partial charge in [0.15, 0.2) is 11.5 Å². The molecule has 0 bridgehead atoms. The van der Waals surface area contributed by atoms with Gasteiger partial charge in [0, 0.05) is 10.5 Å². The summed E-state index contributed by atoms with van der Waals surface area (Å²) in [6.07, 6.45) is 0.562. The maximum absolute atomic E-state index is 13.0. The lowest BCUT2D eigenvalue weighted by atomic mass is 10.0. The fraction of sp³-hybridized carbons (Fsp3) is 0.364. The number of benzene rings is 2. The molecule has 3 N–H and O–H groups in total. The number of nitrogens with one attached hydrogen (secondary N) is 3. The number of halogens is 1. The van der Waals surface area contributed by atoms with Crippen molar-refractivity contribution in [2.75, 3.05) is 25.6 Å². The normalized spacial score (nSPS) is 17.8. The van der Waals surface area contributed by atoms with Gasteiger partial charge in [-0.2, -0.15) is 0 Å². The fourth-order valence-electron chi connectivity index (χ4n) is 3.35. The average molecular weight is 492 g/mol. The Kier molecular flexibility index (Phi) is 7.89. The van der Waals surface area contributed by atoms with E-state index in [0.29, 0.717) is 36.8 Å². The standard InChI is InChI=1S/C22H26BrN3O5/c1-4-30-19-11-14(22(28)29-3)10-17(20(19)31-5-2)24-21(27)18-12-16(25-26-18)13-6-8-15(23)9-7-13/h6-11,16,18,25-26H,4-5,12H2,1-3H3,(H,24,27).